The summed E-state index contributed by atoms with van der Waals surface area (Å²) in [6.45, 7) is 1.41. The summed E-state index contributed by atoms with van der Waals surface area (Å²) >= 11 is 0. The summed E-state index contributed by atoms with van der Waals surface area (Å²) in [6.07, 6.45) is 4.45. The van der Waals surface area contributed by atoms with Crippen molar-refractivity contribution in [1.29, 1.82) is 0 Å². The van der Waals surface area contributed by atoms with E-state index in [0.717, 1.165) is 18.5 Å². The third-order valence-corrected chi connectivity index (χ3v) is 11.1. The van der Waals surface area contributed by atoms with Gasteiger partial charge in [-0.3, -0.25) is 9.78 Å². The van der Waals surface area contributed by atoms with Crippen molar-refractivity contribution in [3.05, 3.63) is 121 Å². The molecule has 0 aliphatic carbocycles. The van der Waals surface area contributed by atoms with Crippen molar-refractivity contribution in [3.8, 4) is 0 Å². The maximum Gasteiger partial charge on any atom is 0.264 e. The number of nitrogens with zero attached hydrogens (tertiary/aromatic N) is 2. The molecule has 1 atom stereocenters. The van der Waals surface area contributed by atoms with E-state index in [1.54, 1.807) is 12.4 Å². The highest BCUT2D eigenvalue weighted by molar-refractivity contribution is 7.96. The van der Waals surface area contributed by atoms with E-state index >= 15 is 0 Å². The number of halogens is 1. The van der Waals surface area contributed by atoms with Crippen molar-refractivity contribution in [2.45, 2.75) is 18.6 Å². The number of aromatic nitrogens is 1. The molecule has 0 spiro atoms. The van der Waals surface area contributed by atoms with Gasteiger partial charge < -0.3 is 21.9 Å². The topological polar surface area (TPSA) is 33.2 Å². The molecule has 1 saturated heterocycles. The van der Waals surface area contributed by atoms with E-state index in [-0.39, 0.29) is 28.5 Å². The molecule has 1 aromatic heterocycles. The minimum Gasteiger partial charge on any atom is -1.00 e. The van der Waals surface area contributed by atoms with Gasteiger partial charge in [-0.25, -0.2) is 0 Å². The van der Waals surface area contributed by atoms with Crippen molar-refractivity contribution >= 4 is 29.1 Å². The van der Waals surface area contributed by atoms with Gasteiger partial charge in [0, 0.05) is 31.9 Å². The van der Waals surface area contributed by atoms with E-state index in [0.29, 0.717) is 6.54 Å². The number of hydrogen-bond donors (Lipinski definition) is 0. The fourth-order valence-electron chi connectivity index (χ4n) is 4.92. The zero-order chi connectivity index (χ0) is 21.8. The van der Waals surface area contributed by atoms with E-state index < -0.39 is 7.26 Å². The van der Waals surface area contributed by atoms with Crippen LogP contribution in [-0.2, 0) is 11.3 Å². The van der Waals surface area contributed by atoms with Crippen LogP contribution in [0, 0.1) is 0 Å². The lowest BCUT2D eigenvalue weighted by Crippen LogP contribution is -3.00. The van der Waals surface area contributed by atoms with Gasteiger partial charge >= 0.3 is 0 Å². The first-order valence-corrected chi connectivity index (χ1v) is 12.9. The zero-order valence-corrected chi connectivity index (χ0v) is 20.8. The van der Waals surface area contributed by atoms with Crippen molar-refractivity contribution < 1.29 is 21.8 Å². The average Bonchev–Trinajstić information content (AvgIpc) is 3.22. The van der Waals surface area contributed by atoms with Gasteiger partial charge in [0.15, 0.2) is 5.66 Å². The molecule has 0 saturated carbocycles. The highest BCUT2D eigenvalue weighted by Crippen LogP contribution is 2.62. The van der Waals surface area contributed by atoms with Crippen LogP contribution in [0.4, 0.5) is 0 Å². The molecule has 0 N–H and O–H groups in total. The Labute approximate surface area is 206 Å². The minimum atomic E-state index is -2.20. The molecular formula is C28H26BrN2OP. The second-order valence-electron chi connectivity index (χ2n) is 8.15. The first kappa shape index (κ1) is 23.4. The predicted molar refractivity (Wildman–Crippen MR) is 133 cm³/mol. The number of rotatable bonds is 6. The SMILES string of the molecule is O=C1[C@H]([P+](c2ccccc2)(c2ccccc2)c2ccccc2)CCN1Cc1ccncc1.[Br-]. The minimum absolute atomic E-state index is 0. The second kappa shape index (κ2) is 10.4. The third-order valence-electron chi connectivity index (χ3n) is 6.35. The molecule has 166 valence electrons. The molecule has 1 aliphatic rings. The molecule has 1 aliphatic heterocycles. The van der Waals surface area contributed by atoms with Gasteiger partial charge in [-0.15, -0.1) is 0 Å². The number of amides is 1. The Morgan fingerprint density at radius 3 is 1.64 bits per heavy atom. The van der Waals surface area contributed by atoms with Gasteiger partial charge in [0.25, 0.3) is 5.91 Å². The Hall–Kier alpha value is -2.81. The Morgan fingerprint density at radius 2 is 1.18 bits per heavy atom. The van der Waals surface area contributed by atoms with E-state index in [4.69, 9.17) is 0 Å². The molecule has 0 radical (unpaired) electrons. The second-order valence-corrected chi connectivity index (χ2v) is 11.8. The van der Waals surface area contributed by atoms with E-state index in [9.17, 15) is 4.79 Å². The molecule has 0 unspecified atom stereocenters. The molecular weight excluding hydrogens is 491 g/mol. The lowest BCUT2D eigenvalue weighted by molar-refractivity contribution is -0.127. The highest BCUT2D eigenvalue weighted by atomic mass is 79.9. The Balaban J connectivity index is 0.00000259. The van der Waals surface area contributed by atoms with Crippen LogP contribution in [0.3, 0.4) is 0 Å². The Kier molecular flexibility index (Phi) is 7.37. The van der Waals surface area contributed by atoms with Gasteiger partial charge in [0.1, 0.15) is 23.2 Å². The Bertz CT molecular complexity index is 1080. The fraction of sp³-hybridized carbons (Fsp3) is 0.143. The third kappa shape index (κ3) is 4.38. The van der Waals surface area contributed by atoms with Crippen LogP contribution in [0.1, 0.15) is 12.0 Å². The summed E-state index contributed by atoms with van der Waals surface area (Å²) in [5.41, 5.74) is 1.05. The molecule has 1 fully saturated rings. The van der Waals surface area contributed by atoms with Crippen LogP contribution in [-0.4, -0.2) is 28.0 Å². The smallest absolute Gasteiger partial charge is 0.264 e. The summed E-state index contributed by atoms with van der Waals surface area (Å²) in [4.78, 5) is 20.2. The van der Waals surface area contributed by atoms with Crippen LogP contribution in [0.2, 0.25) is 0 Å². The van der Waals surface area contributed by atoms with Crippen molar-refractivity contribution in [1.82, 2.24) is 9.88 Å². The van der Waals surface area contributed by atoms with Crippen molar-refractivity contribution in [3.63, 3.8) is 0 Å². The van der Waals surface area contributed by atoms with E-state index in [2.05, 4.69) is 96.0 Å². The van der Waals surface area contributed by atoms with Gasteiger partial charge in [0.2, 0.25) is 0 Å². The van der Waals surface area contributed by atoms with Crippen molar-refractivity contribution in [2.75, 3.05) is 6.54 Å². The summed E-state index contributed by atoms with van der Waals surface area (Å²) in [5.74, 6) is 0.256. The normalized spacial score (nSPS) is 15.8. The number of carbonyl (C=O) groups is 1. The largest absolute Gasteiger partial charge is 1.00 e. The highest BCUT2D eigenvalue weighted by Gasteiger charge is 2.58. The van der Waals surface area contributed by atoms with Crippen LogP contribution < -0.4 is 32.9 Å². The number of carbonyl (C=O) groups excluding carboxylic acids is 1. The molecule has 3 aromatic carbocycles. The van der Waals surface area contributed by atoms with Crippen molar-refractivity contribution in [2.24, 2.45) is 0 Å². The van der Waals surface area contributed by atoms with Gasteiger partial charge in [-0.2, -0.15) is 0 Å². The first-order chi connectivity index (χ1) is 15.8. The lowest BCUT2D eigenvalue weighted by atomic mass is 10.2. The summed E-state index contributed by atoms with van der Waals surface area (Å²) in [7, 11) is -2.20. The standard InChI is InChI=1S/C28H26N2OP.BrH/c31-28-27(18-21-30(28)22-23-16-19-29-20-17-23)32(24-10-4-1-5-11-24,25-12-6-2-7-13-25)26-14-8-3-9-15-26;/h1-17,19-20,27H,18,21-22H2;1H/q+1;/p-1/t27-;/m1./s1. The molecule has 5 rings (SSSR count). The van der Waals surface area contributed by atoms with Gasteiger partial charge in [0.05, 0.1) is 0 Å². The van der Waals surface area contributed by atoms with Crippen LogP contribution in [0.5, 0.6) is 0 Å². The maximum atomic E-state index is 14.0. The number of likely N-dealkylation sites (tertiary alicyclic amines) is 1. The van der Waals surface area contributed by atoms with E-state index in [1.165, 1.54) is 15.9 Å². The van der Waals surface area contributed by atoms with E-state index in [1.807, 2.05) is 17.0 Å². The Morgan fingerprint density at radius 1 is 0.727 bits per heavy atom. The molecule has 0 bridgehead atoms. The summed E-state index contributed by atoms with van der Waals surface area (Å²) < 4.78 is 0. The lowest BCUT2D eigenvalue weighted by Gasteiger charge is -2.32. The molecule has 5 heteroatoms. The molecule has 1 amide bonds. The monoisotopic (exact) mass is 516 g/mol. The number of hydrogen-bond acceptors (Lipinski definition) is 2. The molecule has 4 aromatic rings. The molecule has 33 heavy (non-hydrogen) atoms. The fourth-order valence-corrected chi connectivity index (χ4v) is 9.82. The summed E-state index contributed by atoms with van der Waals surface area (Å²) in [5, 5.41) is 3.80. The first-order valence-electron chi connectivity index (χ1n) is 11.0. The number of pyridine rings is 1. The summed E-state index contributed by atoms with van der Waals surface area (Å²) in [6, 6.07) is 36.1. The predicted octanol–water partition coefficient (Wildman–Crippen LogP) is 1.18. The van der Waals surface area contributed by atoms with Gasteiger partial charge in [-0.1, -0.05) is 54.6 Å². The molecule has 2 heterocycles. The van der Waals surface area contributed by atoms with Crippen LogP contribution >= 0.6 is 7.26 Å². The van der Waals surface area contributed by atoms with Gasteiger partial charge in [-0.05, 0) is 54.1 Å². The number of benzene rings is 3. The van der Waals surface area contributed by atoms with Crippen LogP contribution in [0.15, 0.2) is 116 Å². The van der Waals surface area contributed by atoms with Crippen LogP contribution in [0.25, 0.3) is 0 Å². The average molecular weight is 517 g/mol. The molecule has 3 nitrogen and oxygen atoms in total. The zero-order valence-electron chi connectivity index (χ0n) is 18.3. The maximum absolute atomic E-state index is 14.0. The quantitative estimate of drug-likeness (QED) is 0.360.